The standard InChI is InChI=1S/C9H12N6O/c1-15-5-4-11-8(9(15)16)10-3-2-7-12-6-13-14-7/h4-6H,2-3H2,1H3,(H,10,11)(H,12,13,14). The summed E-state index contributed by atoms with van der Waals surface area (Å²) in [6, 6.07) is 0. The average Bonchev–Trinajstić information content (AvgIpc) is 2.77. The minimum Gasteiger partial charge on any atom is -0.365 e. The first-order chi connectivity index (χ1) is 7.77. The summed E-state index contributed by atoms with van der Waals surface area (Å²) in [6.07, 6.45) is 5.32. The van der Waals surface area contributed by atoms with Crippen molar-refractivity contribution in [1.82, 2.24) is 24.7 Å². The molecule has 0 saturated carbocycles. The van der Waals surface area contributed by atoms with Crippen LogP contribution >= 0.6 is 0 Å². The molecule has 0 aliphatic heterocycles. The van der Waals surface area contributed by atoms with Crippen molar-refractivity contribution in [1.29, 1.82) is 0 Å². The van der Waals surface area contributed by atoms with Gasteiger partial charge in [-0.05, 0) is 0 Å². The zero-order valence-corrected chi connectivity index (χ0v) is 8.84. The Balaban J connectivity index is 1.95. The summed E-state index contributed by atoms with van der Waals surface area (Å²) >= 11 is 0. The van der Waals surface area contributed by atoms with Gasteiger partial charge in [-0.25, -0.2) is 9.97 Å². The molecule has 0 atom stereocenters. The second-order valence-corrected chi connectivity index (χ2v) is 3.30. The van der Waals surface area contributed by atoms with Crippen LogP contribution in [0, 0.1) is 0 Å². The van der Waals surface area contributed by atoms with Crippen molar-refractivity contribution < 1.29 is 0 Å². The van der Waals surface area contributed by atoms with E-state index in [9.17, 15) is 4.79 Å². The molecule has 84 valence electrons. The molecule has 0 amide bonds. The fourth-order valence-electron chi connectivity index (χ4n) is 1.27. The second kappa shape index (κ2) is 4.56. The molecule has 2 aromatic heterocycles. The van der Waals surface area contributed by atoms with Gasteiger partial charge in [0.1, 0.15) is 12.2 Å². The van der Waals surface area contributed by atoms with E-state index in [2.05, 4.69) is 25.5 Å². The lowest BCUT2D eigenvalue weighted by atomic mass is 10.4. The Labute approximate surface area is 91.6 Å². The molecule has 16 heavy (non-hydrogen) atoms. The van der Waals surface area contributed by atoms with E-state index in [0.717, 1.165) is 5.82 Å². The molecule has 2 rings (SSSR count). The Morgan fingerprint density at radius 3 is 3.12 bits per heavy atom. The first-order valence-corrected chi connectivity index (χ1v) is 4.87. The van der Waals surface area contributed by atoms with Crippen LogP contribution in [0.25, 0.3) is 0 Å². The van der Waals surface area contributed by atoms with Crippen LogP contribution in [0.2, 0.25) is 0 Å². The van der Waals surface area contributed by atoms with Gasteiger partial charge in [-0.1, -0.05) is 0 Å². The van der Waals surface area contributed by atoms with Gasteiger partial charge in [-0.3, -0.25) is 9.89 Å². The zero-order valence-electron chi connectivity index (χ0n) is 8.84. The van der Waals surface area contributed by atoms with Gasteiger partial charge in [0.2, 0.25) is 0 Å². The summed E-state index contributed by atoms with van der Waals surface area (Å²) < 4.78 is 1.48. The molecular weight excluding hydrogens is 208 g/mol. The molecule has 0 unspecified atom stereocenters. The monoisotopic (exact) mass is 220 g/mol. The number of aromatic amines is 1. The molecule has 0 aromatic carbocycles. The van der Waals surface area contributed by atoms with Gasteiger partial charge in [-0.15, -0.1) is 0 Å². The van der Waals surface area contributed by atoms with E-state index in [0.29, 0.717) is 18.8 Å². The lowest BCUT2D eigenvalue weighted by Gasteiger charge is -2.04. The SMILES string of the molecule is Cn1ccnc(NCCc2ncn[nH]2)c1=O. The van der Waals surface area contributed by atoms with Crippen molar-refractivity contribution in [3.63, 3.8) is 0 Å². The molecule has 2 heterocycles. The maximum atomic E-state index is 11.6. The molecule has 0 fully saturated rings. The van der Waals surface area contributed by atoms with E-state index in [-0.39, 0.29) is 5.56 Å². The van der Waals surface area contributed by atoms with E-state index >= 15 is 0 Å². The number of hydrogen-bond donors (Lipinski definition) is 2. The molecule has 0 radical (unpaired) electrons. The summed E-state index contributed by atoms with van der Waals surface area (Å²) in [7, 11) is 1.69. The lowest BCUT2D eigenvalue weighted by Crippen LogP contribution is -2.22. The normalized spacial score (nSPS) is 10.3. The fourth-order valence-corrected chi connectivity index (χ4v) is 1.27. The third-order valence-electron chi connectivity index (χ3n) is 2.14. The van der Waals surface area contributed by atoms with Gasteiger partial charge >= 0.3 is 0 Å². The lowest BCUT2D eigenvalue weighted by molar-refractivity contribution is 0.832. The Morgan fingerprint density at radius 2 is 2.38 bits per heavy atom. The highest BCUT2D eigenvalue weighted by Gasteiger charge is 2.01. The fraction of sp³-hybridized carbons (Fsp3) is 0.333. The third kappa shape index (κ3) is 2.25. The topological polar surface area (TPSA) is 88.5 Å². The highest BCUT2D eigenvalue weighted by Crippen LogP contribution is 1.93. The Hall–Kier alpha value is -2.18. The molecule has 2 N–H and O–H groups in total. The highest BCUT2D eigenvalue weighted by molar-refractivity contribution is 5.30. The highest BCUT2D eigenvalue weighted by atomic mass is 16.1. The number of H-pyrrole nitrogens is 1. The van der Waals surface area contributed by atoms with E-state index < -0.39 is 0 Å². The average molecular weight is 220 g/mol. The van der Waals surface area contributed by atoms with Gasteiger partial charge in [0.25, 0.3) is 5.56 Å². The maximum Gasteiger partial charge on any atom is 0.293 e. The number of aryl methyl sites for hydroxylation is 1. The zero-order chi connectivity index (χ0) is 11.4. The molecule has 0 aliphatic rings. The summed E-state index contributed by atoms with van der Waals surface area (Å²) in [6.45, 7) is 0.585. The van der Waals surface area contributed by atoms with Gasteiger partial charge in [-0.2, -0.15) is 5.10 Å². The van der Waals surface area contributed by atoms with Gasteiger partial charge in [0.15, 0.2) is 5.82 Å². The first kappa shape index (κ1) is 10.3. The van der Waals surface area contributed by atoms with Gasteiger partial charge in [0, 0.05) is 32.4 Å². The molecule has 2 aromatic rings. The van der Waals surface area contributed by atoms with E-state index in [1.54, 1.807) is 19.4 Å². The minimum absolute atomic E-state index is 0.139. The van der Waals surface area contributed by atoms with Gasteiger partial charge in [0.05, 0.1) is 0 Å². The smallest absolute Gasteiger partial charge is 0.293 e. The quantitative estimate of drug-likeness (QED) is 0.728. The van der Waals surface area contributed by atoms with Crippen LogP contribution in [0.4, 0.5) is 5.82 Å². The number of anilines is 1. The van der Waals surface area contributed by atoms with Crippen LogP contribution < -0.4 is 10.9 Å². The van der Waals surface area contributed by atoms with Crippen molar-refractivity contribution >= 4 is 5.82 Å². The van der Waals surface area contributed by atoms with Crippen molar-refractivity contribution in [3.05, 3.63) is 34.9 Å². The van der Waals surface area contributed by atoms with Gasteiger partial charge < -0.3 is 9.88 Å². The first-order valence-electron chi connectivity index (χ1n) is 4.87. The van der Waals surface area contributed by atoms with Crippen LogP contribution in [0.3, 0.4) is 0 Å². The summed E-state index contributed by atoms with van der Waals surface area (Å²) in [5.74, 6) is 1.13. The largest absolute Gasteiger partial charge is 0.365 e. The van der Waals surface area contributed by atoms with Crippen molar-refractivity contribution in [2.24, 2.45) is 7.05 Å². The van der Waals surface area contributed by atoms with E-state index in [1.165, 1.54) is 10.9 Å². The molecule has 0 saturated heterocycles. The Morgan fingerprint density at radius 1 is 1.50 bits per heavy atom. The molecule has 0 aliphatic carbocycles. The maximum absolute atomic E-state index is 11.6. The number of nitrogens with one attached hydrogen (secondary N) is 2. The summed E-state index contributed by atoms with van der Waals surface area (Å²) in [4.78, 5) is 19.5. The molecule has 0 spiro atoms. The van der Waals surface area contributed by atoms with Crippen LogP contribution in [0.1, 0.15) is 5.82 Å². The molecule has 7 nitrogen and oxygen atoms in total. The predicted octanol–water partition coefficient (Wildman–Crippen LogP) is -0.447. The van der Waals surface area contributed by atoms with Crippen molar-refractivity contribution in [2.75, 3.05) is 11.9 Å². The van der Waals surface area contributed by atoms with Crippen LogP contribution in [0.5, 0.6) is 0 Å². The van der Waals surface area contributed by atoms with Crippen molar-refractivity contribution in [3.8, 4) is 0 Å². The van der Waals surface area contributed by atoms with Crippen molar-refractivity contribution in [2.45, 2.75) is 6.42 Å². The minimum atomic E-state index is -0.139. The number of rotatable bonds is 4. The number of hydrogen-bond acceptors (Lipinski definition) is 5. The summed E-state index contributed by atoms with van der Waals surface area (Å²) in [5, 5.41) is 9.44. The Kier molecular flexibility index (Phi) is 2.95. The second-order valence-electron chi connectivity index (χ2n) is 3.30. The van der Waals surface area contributed by atoms with E-state index in [1.807, 2.05) is 0 Å². The molecule has 0 bridgehead atoms. The van der Waals surface area contributed by atoms with Crippen LogP contribution in [-0.2, 0) is 13.5 Å². The molecule has 7 heteroatoms. The van der Waals surface area contributed by atoms with Crippen LogP contribution in [-0.4, -0.2) is 31.3 Å². The predicted molar refractivity (Wildman–Crippen MR) is 58.1 cm³/mol. The number of nitrogens with zero attached hydrogens (tertiary/aromatic N) is 4. The van der Waals surface area contributed by atoms with E-state index in [4.69, 9.17) is 0 Å². The Bertz CT molecular complexity index is 503. The summed E-state index contributed by atoms with van der Waals surface area (Å²) in [5.41, 5.74) is -0.139. The van der Waals surface area contributed by atoms with Crippen LogP contribution in [0.15, 0.2) is 23.5 Å². The molecular formula is C9H12N6O. The number of aromatic nitrogens is 5. The third-order valence-corrected chi connectivity index (χ3v) is 2.14.